The van der Waals surface area contributed by atoms with Gasteiger partial charge < -0.3 is 39.5 Å². The molecule has 33 heavy (non-hydrogen) atoms. The molecule has 178 valence electrons. The Balaban J connectivity index is 1.41. The molecule has 5 aliphatic rings. The van der Waals surface area contributed by atoms with Gasteiger partial charge in [0.15, 0.2) is 29.5 Å². The van der Waals surface area contributed by atoms with Crippen LogP contribution in [0.1, 0.15) is 30.4 Å². The largest absolute Gasteiger partial charge is 0.479 e. The zero-order chi connectivity index (χ0) is 23.2. The summed E-state index contributed by atoms with van der Waals surface area (Å²) in [7, 11) is 2.13. The molecule has 3 heterocycles. The summed E-state index contributed by atoms with van der Waals surface area (Å²) in [6.45, 7) is 0.854. The van der Waals surface area contributed by atoms with Gasteiger partial charge in [-0.3, -0.25) is 4.79 Å². The van der Waals surface area contributed by atoms with E-state index in [-0.39, 0.29) is 17.5 Å². The number of rotatable bonds is 3. The SMILES string of the molecule is CN1CC[C@]23c4c5ccc(O[C@@H]6O[C@H](C(=O)O)[C@@H](O)[C@H](O)[C@H]6O)c4O[C@H]2C(=O)CC[C@H]3[C@H]1C5. The molecule has 1 aromatic carbocycles. The lowest BCUT2D eigenvalue weighted by molar-refractivity contribution is -0.271. The average Bonchev–Trinajstić information content (AvgIpc) is 3.14. The van der Waals surface area contributed by atoms with E-state index in [0.29, 0.717) is 18.2 Å². The summed E-state index contributed by atoms with van der Waals surface area (Å²) in [5.74, 6) is -0.470. The van der Waals surface area contributed by atoms with Crippen molar-refractivity contribution < 1.29 is 44.2 Å². The number of carboxylic acids is 1. The van der Waals surface area contributed by atoms with E-state index < -0.39 is 48.2 Å². The number of carboxylic acid groups (broad SMARTS) is 1. The third kappa shape index (κ3) is 2.72. The van der Waals surface area contributed by atoms with Crippen molar-refractivity contribution >= 4 is 11.8 Å². The Hall–Kier alpha value is -2.24. The van der Waals surface area contributed by atoms with E-state index in [9.17, 15) is 30.0 Å². The van der Waals surface area contributed by atoms with Gasteiger partial charge in [-0.1, -0.05) is 6.07 Å². The van der Waals surface area contributed by atoms with Crippen LogP contribution in [0.25, 0.3) is 0 Å². The summed E-state index contributed by atoms with van der Waals surface area (Å²) in [6, 6.07) is 3.93. The Bertz CT molecular complexity index is 1030. The van der Waals surface area contributed by atoms with Crippen LogP contribution in [0.2, 0.25) is 0 Å². The van der Waals surface area contributed by atoms with Gasteiger partial charge in [-0.15, -0.1) is 0 Å². The van der Waals surface area contributed by atoms with E-state index >= 15 is 0 Å². The zero-order valence-electron chi connectivity index (χ0n) is 18.1. The smallest absolute Gasteiger partial charge is 0.335 e. The number of hydrogen-bond acceptors (Lipinski definition) is 9. The van der Waals surface area contributed by atoms with Gasteiger partial charge in [-0.25, -0.2) is 4.79 Å². The highest BCUT2D eigenvalue weighted by molar-refractivity contribution is 5.89. The number of carbonyl (C=O) groups is 2. The molecular weight excluding hydrogens is 434 g/mol. The summed E-state index contributed by atoms with van der Waals surface area (Å²) in [4.78, 5) is 26.8. The van der Waals surface area contributed by atoms with Gasteiger partial charge in [0.25, 0.3) is 0 Å². The monoisotopic (exact) mass is 461 g/mol. The van der Waals surface area contributed by atoms with E-state index in [1.165, 1.54) is 0 Å². The number of aliphatic hydroxyl groups is 3. The number of aliphatic hydroxyl groups excluding tert-OH is 3. The second-order valence-electron chi connectivity index (χ2n) is 9.93. The van der Waals surface area contributed by atoms with Crippen molar-refractivity contribution in [2.75, 3.05) is 13.6 Å². The third-order valence-electron chi connectivity index (χ3n) is 8.43. The standard InChI is InChI=1S/C23H27NO9/c1-24-7-6-23-10-3-4-12(25)20(23)32-18-13(5-2-9(14(18)23)8-11(10)24)31-22-17(28)15(26)16(27)19(33-22)21(29)30/h2,5,10-11,15-17,19-20,22,26-28H,3-4,6-8H2,1H3,(H,29,30)/t10-,11+,15-,16-,17+,19-,20-,22+,23-/m0/s1. The number of aliphatic carboxylic acids is 1. The molecule has 2 saturated heterocycles. The second kappa shape index (κ2) is 7.13. The highest BCUT2D eigenvalue weighted by Crippen LogP contribution is 2.63. The van der Waals surface area contributed by atoms with Gasteiger partial charge in [0.2, 0.25) is 6.29 Å². The number of hydrogen-bond donors (Lipinski definition) is 4. The lowest BCUT2D eigenvalue weighted by Crippen LogP contribution is -2.65. The minimum atomic E-state index is -1.80. The van der Waals surface area contributed by atoms with Crippen molar-refractivity contribution in [2.45, 2.75) is 73.9 Å². The molecule has 0 amide bonds. The van der Waals surface area contributed by atoms with Crippen molar-refractivity contribution in [2.24, 2.45) is 5.92 Å². The van der Waals surface area contributed by atoms with Crippen molar-refractivity contribution in [3.8, 4) is 11.5 Å². The van der Waals surface area contributed by atoms with Gasteiger partial charge in [0, 0.05) is 23.4 Å². The molecule has 10 nitrogen and oxygen atoms in total. The number of nitrogens with zero attached hydrogens (tertiary/aromatic N) is 1. The molecule has 9 atom stereocenters. The Kier molecular flexibility index (Phi) is 4.60. The molecule has 3 fully saturated rings. The lowest BCUT2D eigenvalue weighted by Gasteiger charge is -2.57. The molecule has 6 rings (SSSR count). The first-order valence-electron chi connectivity index (χ1n) is 11.4. The highest BCUT2D eigenvalue weighted by Gasteiger charge is 2.65. The van der Waals surface area contributed by atoms with Crippen molar-refractivity contribution in [3.05, 3.63) is 23.3 Å². The first-order chi connectivity index (χ1) is 15.7. The zero-order valence-corrected chi connectivity index (χ0v) is 18.1. The fourth-order valence-corrected chi connectivity index (χ4v) is 6.88. The van der Waals surface area contributed by atoms with Crippen LogP contribution < -0.4 is 9.47 Å². The van der Waals surface area contributed by atoms with Crippen molar-refractivity contribution in [1.29, 1.82) is 0 Å². The minimum absolute atomic E-state index is 0.0722. The summed E-state index contributed by atoms with van der Waals surface area (Å²) < 4.78 is 17.5. The fourth-order valence-electron chi connectivity index (χ4n) is 6.88. The highest BCUT2D eigenvalue weighted by atomic mass is 16.7. The second-order valence-corrected chi connectivity index (χ2v) is 9.93. The lowest BCUT2D eigenvalue weighted by atomic mass is 9.52. The molecule has 0 radical (unpaired) electrons. The molecule has 4 N–H and O–H groups in total. The molecule has 1 saturated carbocycles. The maximum Gasteiger partial charge on any atom is 0.335 e. The topological polar surface area (TPSA) is 146 Å². The van der Waals surface area contributed by atoms with Crippen LogP contribution in [0, 0.1) is 5.92 Å². The molecule has 2 aliphatic carbocycles. The Morgan fingerprint density at radius 1 is 1.21 bits per heavy atom. The molecule has 10 heteroatoms. The number of likely N-dealkylation sites (N-methyl/N-ethyl adjacent to an activating group) is 1. The summed E-state index contributed by atoms with van der Waals surface area (Å²) in [5.41, 5.74) is 1.67. The number of benzene rings is 1. The molecular formula is C23H27NO9. The maximum absolute atomic E-state index is 13.0. The van der Waals surface area contributed by atoms with Gasteiger partial charge >= 0.3 is 5.97 Å². The van der Waals surface area contributed by atoms with E-state index in [4.69, 9.17) is 14.2 Å². The summed E-state index contributed by atoms with van der Waals surface area (Å²) in [5, 5.41) is 39.8. The Morgan fingerprint density at radius 3 is 2.76 bits per heavy atom. The predicted octanol–water partition coefficient (Wildman–Crippen LogP) is -0.804. The molecule has 0 aromatic heterocycles. The van der Waals surface area contributed by atoms with Gasteiger partial charge in [-0.05, 0) is 50.4 Å². The number of carbonyl (C=O) groups excluding carboxylic acids is 1. The van der Waals surface area contributed by atoms with Crippen LogP contribution in [0.5, 0.6) is 11.5 Å². The van der Waals surface area contributed by atoms with Gasteiger partial charge in [0.05, 0.1) is 0 Å². The van der Waals surface area contributed by atoms with E-state index in [1.807, 2.05) is 6.07 Å². The number of piperidine rings is 1. The van der Waals surface area contributed by atoms with Crippen LogP contribution in [0.4, 0.5) is 0 Å². The quantitative estimate of drug-likeness (QED) is 0.451. The van der Waals surface area contributed by atoms with E-state index in [0.717, 1.165) is 36.9 Å². The van der Waals surface area contributed by atoms with Crippen LogP contribution in [0.3, 0.4) is 0 Å². The average molecular weight is 461 g/mol. The normalized spacial score (nSPS) is 43.6. The van der Waals surface area contributed by atoms with Crippen LogP contribution in [-0.2, 0) is 26.2 Å². The van der Waals surface area contributed by atoms with Crippen LogP contribution in [-0.4, -0.2) is 93.5 Å². The van der Waals surface area contributed by atoms with E-state index in [1.54, 1.807) is 6.07 Å². The minimum Gasteiger partial charge on any atom is -0.479 e. The van der Waals surface area contributed by atoms with Gasteiger partial charge in [0.1, 0.15) is 18.3 Å². The van der Waals surface area contributed by atoms with Crippen LogP contribution >= 0.6 is 0 Å². The summed E-state index contributed by atoms with van der Waals surface area (Å²) >= 11 is 0. The maximum atomic E-state index is 13.0. The molecule has 2 bridgehead atoms. The number of ketones is 1. The first-order valence-corrected chi connectivity index (χ1v) is 11.4. The molecule has 0 unspecified atom stereocenters. The first kappa shape index (κ1) is 21.3. The molecule has 3 aliphatic heterocycles. The van der Waals surface area contributed by atoms with Gasteiger partial charge in [-0.2, -0.15) is 0 Å². The third-order valence-corrected chi connectivity index (χ3v) is 8.43. The summed E-state index contributed by atoms with van der Waals surface area (Å²) in [6.07, 6.45) is -6.23. The van der Waals surface area contributed by atoms with Crippen molar-refractivity contribution in [3.63, 3.8) is 0 Å². The van der Waals surface area contributed by atoms with Crippen molar-refractivity contribution in [1.82, 2.24) is 4.90 Å². The number of likely N-dealkylation sites (tertiary alicyclic amines) is 1. The number of ether oxygens (including phenoxy) is 3. The predicted molar refractivity (Wildman–Crippen MR) is 110 cm³/mol. The van der Waals surface area contributed by atoms with Crippen LogP contribution in [0.15, 0.2) is 12.1 Å². The fraction of sp³-hybridized carbons (Fsp3) is 0.652. The number of Topliss-reactive ketones (excluding diaryl/α,β-unsaturated/α-hetero) is 1. The Morgan fingerprint density at radius 2 is 2.00 bits per heavy atom. The Labute approximate surface area is 189 Å². The molecule has 1 spiro atoms. The van der Waals surface area contributed by atoms with E-state index in [2.05, 4.69) is 11.9 Å². The molecule has 1 aromatic rings.